The van der Waals surface area contributed by atoms with Crippen LogP contribution in [0.2, 0.25) is 0 Å². The van der Waals surface area contributed by atoms with E-state index in [0.29, 0.717) is 23.5 Å². The van der Waals surface area contributed by atoms with Gasteiger partial charge in [0.25, 0.3) is 0 Å². The summed E-state index contributed by atoms with van der Waals surface area (Å²) in [6.07, 6.45) is 7.25. The van der Waals surface area contributed by atoms with E-state index in [1.54, 1.807) is 0 Å². The molecule has 1 aliphatic carbocycles. The molecule has 0 bridgehead atoms. The molecular formula is C19H28N2O. The van der Waals surface area contributed by atoms with Crippen molar-refractivity contribution >= 4 is 0 Å². The molecule has 3 atom stereocenters. The molecule has 1 aromatic rings. The second kappa shape index (κ2) is 5.95. The Balaban J connectivity index is 1.56. The zero-order chi connectivity index (χ0) is 15.0. The fraction of sp³-hybridized carbons (Fsp3) is 0.684. The third-order valence-corrected chi connectivity index (χ3v) is 6.18. The second-order valence-electron chi connectivity index (χ2n) is 7.66. The molecule has 1 N–H and O–H groups in total. The molecule has 2 heterocycles. The molecule has 1 aromatic carbocycles. The lowest BCUT2D eigenvalue weighted by Crippen LogP contribution is -2.59. The Hall–Kier alpha value is -0.900. The lowest BCUT2D eigenvalue weighted by molar-refractivity contribution is -0.0159. The minimum absolute atomic E-state index is 0.336. The van der Waals surface area contributed by atoms with Gasteiger partial charge >= 0.3 is 0 Å². The Morgan fingerprint density at radius 3 is 2.73 bits per heavy atom. The summed E-state index contributed by atoms with van der Waals surface area (Å²) in [6.45, 7) is 5.71. The normalized spacial score (nSPS) is 34.7. The van der Waals surface area contributed by atoms with Crippen LogP contribution >= 0.6 is 0 Å². The van der Waals surface area contributed by atoms with Gasteiger partial charge in [0.05, 0.1) is 6.10 Å². The van der Waals surface area contributed by atoms with E-state index in [4.69, 9.17) is 4.84 Å². The molecule has 0 aromatic heterocycles. The van der Waals surface area contributed by atoms with Gasteiger partial charge in [0.15, 0.2) is 0 Å². The van der Waals surface area contributed by atoms with Crippen LogP contribution in [0, 0.1) is 11.3 Å². The zero-order valence-electron chi connectivity index (χ0n) is 13.6. The summed E-state index contributed by atoms with van der Waals surface area (Å²) in [5.41, 5.74) is 5.29. The first-order valence-corrected chi connectivity index (χ1v) is 8.94. The number of hydroxylamine groups is 1. The third kappa shape index (κ3) is 2.60. The molecule has 120 valence electrons. The van der Waals surface area contributed by atoms with E-state index in [9.17, 15) is 0 Å². The number of fused-ring (bicyclic) bond motifs is 2. The highest BCUT2D eigenvalue weighted by Crippen LogP contribution is 2.48. The van der Waals surface area contributed by atoms with Crippen molar-refractivity contribution in [3.63, 3.8) is 0 Å². The smallest absolute Gasteiger partial charge is 0.0818 e. The second-order valence-corrected chi connectivity index (χ2v) is 7.66. The highest BCUT2D eigenvalue weighted by atomic mass is 16.7. The average molecular weight is 300 g/mol. The lowest BCUT2D eigenvalue weighted by Gasteiger charge is -2.51. The molecule has 1 saturated carbocycles. The Kier molecular flexibility index (Phi) is 3.97. The van der Waals surface area contributed by atoms with Gasteiger partial charge in [-0.2, -0.15) is 5.48 Å². The Labute approximate surface area is 134 Å². The van der Waals surface area contributed by atoms with Gasteiger partial charge in [0, 0.05) is 37.0 Å². The Bertz CT molecular complexity index is 497. The van der Waals surface area contributed by atoms with Gasteiger partial charge in [-0.15, -0.1) is 0 Å². The molecule has 2 aliphatic heterocycles. The van der Waals surface area contributed by atoms with Crippen molar-refractivity contribution in [3.05, 3.63) is 35.9 Å². The van der Waals surface area contributed by atoms with Crippen LogP contribution in [-0.4, -0.2) is 30.1 Å². The van der Waals surface area contributed by atoms with E-state index < -0.39 is 0 Å². The van der Waals surface area contributed by atoms with E-state index in [1.807, 2.05) is 0 Å². The van der Waals surface area contributed by atoms with Gasteiger partial charge in [0.1, 0.15) is 0 Å². The van der Waals surface area contributed by atoms with Crippen LogP contribution in [0.4, 0.5) is 0 Å². The average Bonchev–Trinajstić information content (AvgIpc) is 2.92. The zero-order valence-corrected chi connectivity index (χ0v) is 13.6. The number of likely N-dealkylation sites (tertiary alicyclic amines) is 1. The minimum atomic E-state index is 0.336. The van der Waals surface area contributed by atoms with Gasteiger partial charge in [0.2, 0.25) is 0 Å². The Morgan fingerprint density at radius 2 is 1.95 bits per heavy atom. The van der Waals surface area contributed by atoms with Gasteiger partial charge < -0.3 is 0 Å². The summed E-state index contributed by atoms with van der Waals surface area (Å²) < 4.78 is 0. The van der Waals surface area contributed by atoms with Crippen molar-refractivity contribution in [3.8, 4) is 0 Å². The van der Waals surface area contributed by atoms with E-state index in [0.717, 1.165) is 13.1 Å². The van der Waals surface area contributed by atoms with E-state index >= 15 is 0 Å². The fourth-order valence-electron chi connectivity index (χ4n) is 5.05. The van der Waals surface area contributed by atoms with Crippen molar-refractivity contribution in [1.82, 2.24) is 10.4 Å². The monoisotopic (exact) mass is 300 g/mol. The van der Waals surface area contributed by atoms with Gasteiger partial charge in [-0.05, 0) is 25.3 Å². The van der Waals surface area contributed by atoms with Crippen LogP contribution < -0.4 is 5.48 Å². The van der Waals surface area contributed by atoms with Crippen LogP contribution in [-0.2, 0) is 11.4 Å². The van der Waals surface area contributed by atoms with Crippen molar-refractivity contribution in [2.45, 2.75) is 57.7 Å². The summed E-state index contributed by atoms with van der Waals surface area (Å²) in [7, 11) is 0. The van der Waals surface area contributed by atoms with Crippen molar-refractivity contribution in [2.24, 2.45) is 11.3 Å². The molecule has 2 saturated heterocycles. The molecule has 0 radical (unpaired) electrons. The summed E-state index contributed by atoms with van der Waals surface area (Å²) in [5, 5.41) is 0. The predicted molar refractivity (Wildman–Crippen MR) is 88.2 cm³/mol. The van der Waals surface area contributed by atoms with Crippen LogP contribution in [0.1, 0.15) is 44.6 Å². The molecule has 3 heteroatoms. The molecule has 22 heavy (non-hydrogen) atoms. The number of benzene rings is 1. The highest BCUT2D eigenvalue weighted by molar-refractivity contribution is 5.15. The van der Waals surface area contributed by atoms with Crippen LogP contribution in [0.25, 0.3) is 0 Å². The largest absolute Gasteiger partial charge is 0.298 e. The van der Waals surface area contributed by atoms with Gasteiger partial charge in [-0.3, -0.25) is 9.74 Å². The molecule has 3 fully saturated rings. The first kappa shape index (κ1) is 14.7. The molecular weight excluding hydrogens is 272 g/mol. The van der Waals surface area contributed by atoms with E-state index in [-0.39, 0.29) is 0 Å². The molecule has 0 unspecified atom stereocenters. The van der Waals surface area contributed by atoms with Gasteiger partial charge in [-0.25, -0.2) is 0 Å². The lowest BCUT2D eigenvalue weighted by atomic mass is 9.63. The van der Waals surface area contributed by atoms with Crippen molar-refractivity contribution < 1.29 is 4.84 Å². The minimum Gasteiger partial charge on any atom is -0.298 e. The van der Waals surface area contributed by atoms with Crippen LogP contribution in [0.3, 0.4) is 0 Å². The van der Waals surface area contributed by atoms with Gasteiger partial charge in [-0.1, -0.05) is 49.6 Å². The quantitative estimate of drug-likeness (QED) is 0.906. The summed E-state index contributed by atoms with van der Waals surface area (Å²) in [6, 6.07) is 11.5. The summed E-state index contributed by atoms with van der Waals surface area (Å²) >= 11 is 0. The fourth-order valence-corrected chi connectivity index (χ4v) is 5.05. The molecule has 3 aliphatic rings. The Morgan fingerprint density at radius 1 is 1.18 bits per heavy atom. The predicted octanol–water partition coefficient (Wildman–Crippen LogP) is 3.36. The third-order valence-electron chi connectivity index (χ3n) is 6.18. The maximum atomic E-state index is 5.85. The van der Waals surface area contributed by atoms with Crippen molar-refractivity contribution in [1.29, 1.82) is 0 Å². The number of hydrogen-bond donors (Lipinski definition) is 1. The van der Waals surface area contributed by atoms with E-state index in [1.165, 1.54) is 44.2 Å². The number of nitrogens with one attached hydrogen (secondary N) is 1. The molecule has 0 amide bonds. The van der Waals surface area contributed by atoms with Crippen LogP contribution in [0.5, 0.6) is 0 Å². The summed E-state index contributed by atoms with van der Waals surface area (Å²) in [4.78, 5) is 8.54. The standard InChI is InChI=1S/C19H28N2O/c1-15-17-13-21(12-16-8-4-2-5-9-16)14-19(18(17)20-22-15)10-6-3-7-11-19/h2,4-5,8-9,15,17-18,20H,3,6-7,10-14H2,1H3/t15-,17-,18+/m0/s1. The first-order valence-electron chi connectivity index (χ1n) is 8.94. The maximum absolute atomic E-state index is 5.85. The van der Waals surface area contributed by atoms with Crippen molar-refractivity contribution in [2.75, 3.05) is 13.1 Å². The summed E-state index contributed by atoms with van der Waals surface area (Å²) in [5.74, 6) is 0.635. The first-order chi connectivity index (χ1) is 10.8. The molecule has 4 rings (SSSR count). The maximum Gasteiger partial charge on any atom is 0.0818 e. The molecule has 1 spiro atoms. The number of rotatable bonds is 2. The topological polar surface area (TPSA) is 24.5 Å². The van der Waals surface area contributed by atoms with Crippen LogP contribution in [0.15, 0.2) is 30.3 Å². The number of piperidine rings is 1. The SMILES string of the molecule is C[C@@H]1ON[C@@H]2[C@H]1CN(Cc1ccccc1)CC21CCCCC1. The number of nitrogens with zero attached hydrogens (tertiary/aromatic N) is 1. The number of hydrogen-bond acceptors (Lipinski definition) is 3. The molecule has 3 nitrogen and oxygen atoms in total. The van der Waals surface area contributed by atoms with E-state index in [2.05, 4.69) is 47.6 Å². The highest BCUT2D eigenvalue weighted by Gasteiger charge is 2.53.